The van der Waals surface area contributed by atoms with E-state index in [1.54, 1.807) is 18.4 Å². The molecule has 0 saturated carbocycles. The van der Waals surface area contributed by atoms with Crippen molar-refractivity contribution in [3.05, 3.63) is 65.3 Å². The predicted octanol–water partition coefficient (Wildman–Crippen LogP) is 3.14. The lowest BCUT2D eigenvalue weighted by Gasteiger charge is -2.24. The molecule has 3 heteroatoms. The van der Waals surface area contributed by atoms with Crippen LogP contribution in [0.15, 0.2) is 53.1 Å². The minimum absolute atomic E-state index is 0.559. The zero-order valence-corrected chi connectivity index (χ0v) is 9.96. The van der Waals surface area contributed by atoms with Crippen LogP contribution in [0.25, 0.3) is 0 Å². The molecule has 0 bridgehead atoms. The summed E-state index contributed by atoms with van der Waals surface area (Å²) in [5.41, 5.74) is 0.353. The molecule has 0 N–H and O–H groups in total. The van der Waals surface area contributed by atoms with Gasteiger partial charge in [0.25, 0.3) is 0 Å². The summed E-state index contributed by atoms with van der Waals surface area (Å²) in [7, 11) is 0. The summed E-state index contributed by atoms with van der Waals surface area (Å²) in [6.07, 6.45) is 3.02. The average Bonchev–Trinajstić information content (AvgIpc) is 2.83. The summed E-state index contributed by atoms with van der Waals surface area (Å²) in [4.78, 5) is 0. The fourth-order valence-electron chi connectivity index (χ4n) is 1.61. The second-order valence-corrected chi connectivity index (χ2v) is 4.40. The lowest BCUT2D eigenvalue weighted by atomic mass is 9.95. The summed E-state index contributed by atoms with van der Waals surface area (Å²) in [5.74, 6) is 0.559. The zero-order chi connectivity index (χ0) is 12.3. The third-order valence-corrected chi connectivity index (χ3v) is 2.82. The smallest absolute Gasteiger partial charge is 0.218 e. The first kappa shape index (κ1) is 11.5. The van der Waals surface area contributed by atoms with Crippen molar-refractivity contribution >= 4 is 6.21 Å². The molecule has 0 aliphatic carbocycles. The highest BCUT2D eigenvalue weighted by Crippen LogP contribution is 2.23. The van der Waals surface area contributed by atoms with Crippen molar-refractivity contribution in [1.29, 1.82) is 0 Å². The number of nitrogens with zero attached hydrogens (tertiary/aromatic N) is 1. The standard InChI is InChI=1S/C14H15NO2/c1-14(2,12-7-4-3-5-8-12)15(16)11-13-9-6-10-17-13/h3-11H,1-2H3/b15-11-. The molecule has 0 atom stereocenters. The van der Waals surface area contributed by atoms with E-state index in [9.17, 15) is 5.21 Å². The minimum Gasteiger partial charge on any atom is -0.623 e. The third kappa shape index (κ3) is 2.38. The predicted molar refractivity (Wildman–Crippen MR) is 67.0 cm³/mol. The maximum atomic E-state index is 12.1. The van der Waals surface area contributed by atoms with Crippen LogP contribution in [-0.2, 0) is 5.54 Å². The fraction of sp³-hybridized carbons (Fsp3) is 0.214. The molecule has 2 rings (SSSR count). The Morgan fingerprint density at radius 3 is 2.41 bits per heavy atom. The summed E-state index contributed by atoms with van der Waals surface area (Å²) < 4.78 is 6.06. The Kier molecular flexibility index (Phi) is 3.00. The Morgan fingerprint density at radius 2 is 1.82 bits per heavy atom. The number of furan rings is 1. The van der Waals surface area contributed by atoms with Gasteiger partial charge in [-0.15, -0.1) is 0 Å². The molecule has 0 radical (unpaired) electrons. The molecule has 0 aliphatic rings. The van der Waals surface area contributed by atoms with Crippen LogP contribution in [0.1, 0.15) is 25.2 Å². The van der Waals surface area contributed by atoms with Gasteiger partial charge in [0.15, 0.2) is 11.3 Å². The van der Waals surface area contributed by atoms with Crippen LogP contribution in [0, 0.1) is 5.21 Å². The third-order valence-electron chi connectivity index (χ3n) is 2.82. The van der Waals surface area contributed by atoms with Crippen LogP contribution in [-0.4, -0.2) is 11.0 Å². The van der Waals surface area contributed by atoms with Crippen LogP contribution in [0.5, 0.6) is 0 Å². The van der Waals surface area contributed by atoms with Crippen LogP contribution < -0.4 is 0 Å². The normalized spacial score (nSPS) is 12.7. The summed E-state index contributed by atoms with van der Waals surface area (Å²) >= 11 is 0. The maximum Gasteiger partial charge on any atom is 0.218 e. The van der Waals surface area contributed by atoms with Crippen molar-refractivity contribution in [2.75, 3.05) is 0 Å². The Labute approximate surface area is 101 Å². The van der Waals surface area contributed by atoms with E-state index in [2.05, 4.69) is 0 Å². The summed E-state index contributed by atoms with van der Waals surface area (Å²) in [6, 6.07) is 13.2. The lowest BCUT2D eigenvalue weighted by molar-refractivity contribution is -0.545. The van der Waals surface area contributed by atoms with Gasteiger partial charge >= 0.3 is 0 Å². The van der Waals surface area contributed by atoms with Crippen molar-refractivity contribution in [2.45, 2.75) is 19.4 Å². The molecule has 1 heterocycles. The van der Waals surface area contributed by atoms with Gasteiger partial charge in [0, 0.05) is 19.4 Å². The molecule has 0 saturated heterocycles. The Hall–Kier alpha value is -2.03. The van der Waals surface area contributed by atoms with Crippen LogP contribution in [0.2, 0.25) is 0 Å². The molecule has 3 nitrogen and oxygen atoms in total. The fourth-order valence-corrected chi connectivity index (χ4v) is 1.61. The molecule has 2 aromatic rings. The second-order valence-electron chi connectivity index (χ2n) is 4.40. The monoisotopic (exact) mass is 229 g/mol. The van der Waals surface area contributed by atoms with E-state index < -0.39 is 5.54 Å². The lowest BCUT2D eigenvalue weighted by Crippen LogP contribution is -2.30. The summed E-state index contributed by atoms with van der Waals surface area (Å²) in [6.45, 7) is 3.77. The van der Waals surface area contributed by atoms with Crippen molar-refractivity contribution in [2.24, 2.45) is 0 Å². The van der Waals surface area contributed by atoms with Crippen molar-refractivity contribution in [1.82, 2.24) is 0 Å². The Morgan fingerprint density at radius 1 is 1.12 bits per heavy atom. The molecule has 0 spiro atoms. The SMILES string of the molecule is CC(C)(c1ccccc1)/[N+]([O-])=C/c1ccco1. The number of hydrogen-bond acceptors (Lipinski definition) is 2. The summed E-state index contributed by atoms with van der Waals surface area (Å²) in [5, 5.41) is 12.1. The van der Waals surface area contributed by atoms with Gasteiger partial charge in [0.2, 0.25) is 6.21 Å². The van der Waals surface area contributed by atoms with Gasteiger partial charge in [-0.1, -0.05) is 30.3 Å². The quantitative estimate of drug-likeness (QED) is 0.351. The van der Waals surface area contributed by atoms with E-state index in [0.29, 0.717) is 5.76 Å². The molecule has 0 fully saturated rings. The maximum absolute atomic E-state index is 12.1. The van der Waals surface area contributed by atoms with Gasteiger partial charge in [0.1, 0.15) is 0 Å². The van der Waals surface area contributed by atoms with Gasteiger partial charge in [-0.3, -0.25) is 0 Å². The van der Waals surface area contributed by atoms with Crippen LogP contribution in [0.4, 0.5) is 0 Å². The van der Waals surface area contributed by atoms with E-state index in [1.807, 2.05) is 44.2 Å². The molecule has 88 valence electrons. The average molecular weight is 229 g/mol. The molecule has 17 heavy (non-hydrogen) atoms. The van der Waals surface area contributed by atoms with Crippen molar-refractivity contribution < 1.29 is 9.16 Å². The highest BCUT2D eigenvalue weighted by atomic mass is 16.5. The number of benzene rings is 1. The van der Waals surface area contributed by atoms with E-state index in [0.717, 1.165) is 10.3 Å². The van der Waals surface area contributed by atoms with Crippen molar-refractivity contribution in [3.8, 4) is 0 Å². The van der Waals surface area contributed by atoms with E-state index in [4.69, 9.17) is 4.42 Å². The van der Waals surface area contributed by atoms with Crippen LogP contribution >= 0.6 is 0 Å². The zero-order valence-electron chi connectivity index (χ0n) is 9.96. The van der Waals surface area contributed by atoms with E-state index in [1.165, 1.54) is 6.21 Å². The first-order valence-corrected chi connectivity index (χ1v) is 5.51. The van der Waals surface area contributed by atoms with Gasteiger partial charge < -0.3 is 9.62 Å². The highest BCUT2D eigenvalue weighted by molar-refractivity contribution is 5.71. The molecular weight excluding hydrogens is 214 g/mol. The first-order chi connectivity index (χ1) is 8.10. The number of hydrogen-bond donors (Lipinski definition) is 0. The van der Waals surface area contributed by atoms with Crippen LogP contribution in [0.3, 0.4) is 0 Å². The molecule has 0 amide bonds. The first-order valence-electron chi connectivity index (χ1n) is 5.51. The Balaban J connectivity index is 2.33. The number of rotatable bonds is 3. The van der Waals surface area contributed by atoms with Gasteiger partial charge in [-0.2, -0.15) is 4.74 Å². The second kappa shape index (κ2) is 4.45. The molecule has 1 aromatic carbocycles. The minimum atomic E-state index is -0.617. The highest BCUT2D eigenvalue weighted by Gasteiger charge is 2.28. The van der Waals surface area contributed by atoms with Gasteiger partial charge in [-0.05, 0) is 12.1 Å². The number of hydroxylamine groups is 1. The largest absolute Gasteiger partial charge is 0.623 e. The molecular formula is C14H15NO2. The topological polar surface area (TPSA) is 39.2 Å². The van der Waals surface area contributed by atoms with E-state index >= 15 is 0 Å². The molecule has 0 aliphatic heterocycles. The van der Waals surface area contributed by atoms with Crippen molar-refractivity contribution in [3.63, 3.8) is 0 Å². The Bertz CT molecular complexity index is 498. The van der Waals surface area contributed by atoms with Gasteiger partial charge in [-0.25, -0.2) is 0 Å². The molecule has 1 aromatic heterocycles. The van der Waals surface area contributed by atoms with Gasteiger partial charge in [0.05, 0.1) is 6.26 Å². The van der Waals surface area contributed by atoms with E-state index in [-0.39, 0.29) is 0 Å². The molecule has 0 unspecified atom stereocenters.